The Balaban J connectivity index is 1.81. The lowest BCUT2D eigenvalue weighted by atomic mass is 10.2. The van der Waals surface area contributed by atoms with E-state index in [4.69, 9.17) is 5.73 Å². The van der Waals surface area contributed by atoms with Gasteiger partial charge in [0.2, 0.25) is 0 Å². The van der Waals surface area contributed by atoms with Gasteiger partial charge in [0, 0.05) is 18.9 Å². The van der Waals surface area contributed by atoms with Gasteiger partial charge in [-0.2, -0.15) is 5.10 Å². The van der Waals surface area contributed by atoms with Crippen LogP contribution in [0.2, 0.25) is 0 Å². The maximum absolute atomic E-state index is 5.61. The van der Waals surface area contributed by atoms with E-state index in [-0.39, 0.29) is 0 Å². The fourth-order valence-corrected chi connectivity index (χ4v) is 1.95. The molecule has 3 N–H and O–H groups in total. The third-order valence-electron chi connectivity index (χ3n) is 2.86. The number of benzene rings is 1. The Kier molecular flexibility index (Phi) is 3.28. The van der Waals surface area contributed by atoms with Crippen LogP contribution in [0.3, 0.4) is 0 Å². The van der Waals surface area contributed by atoms with Crippen LogP contribution >= 0.6 is 0 Å². The zero-order valence-electron chi connectivity index (χ0n) is 10.8. The highest BCUT2D eigenvalue weighted by Gasteiger charge is 2.04. The summed E-state index contributed by atoms with van der Waals surface area (Å²) in [6.07, 6.45) is 6.84. The lowest BCUT2D eigenvalue weighted by Gasteiger charge is -2.11. The Morgan fingerprint density at radius 1 is 1.15 bits per heavy atom. The normalized spacial score (nSPS) is 10.4. The van der Waals surface area contributed by atoms with E-state index in [1.807, 2.05) is 41.2 Å². The van der Waals surface area contributed by atoms with Gasteiger partial charge in [-0.3, -0.25) is 4.98 Å². The predicted octanol–water partition coefficient (Wildman–Crippen LogP) is 1.86. The maximum Gasteiger partial charge on any atom is 0.147 e. The lowest BCUT2D eigenvalue weighted by molar-refractivity contribution is 0.863. The Hall–Kier alpha value is -2.89. The average molecular weight is 266 g/mol. The van der Waals surface area contributed by atoms with Crippen molar-refractivity contribution in [3.05, 3.63) is 60.7 Å². The van der Waals surface area contributed by atoms with Crippen molar-refractivity contribution < 1.29 is 0 Å². The summed E-state index contributed by atoms with van der Waals surface area (Å²) in [6.45, 7) is 0.619. The van der Waals surface area contributed by atoms with E-state index in [0.717, 1.165) is 11.3 Å². The summed E-state index contributed by atoms with van der Waals surface area (Å²) in [5, 5.41) is 7.47. The van der Waals surface area contributed by atoms with Crippen LogP contribution in [0, 0.1) is 0 Å². The molecule has 0 bridgehead atoms. The highest BCUT2D eigenvalue weighted by Crippen LogP contribution is 2.15. The first-order valence-corrected chi connectivity index (χ1v) is 6.22. The van der Waals surface area contributed by atoms with Crippen LogP contribution in [0.1, 0.15) is 5.56 Å². The fourth-order valence-electron chi connectivity index (χ4n) is 1.95. The number of nitrogens with two attached hydrogens (primary N) is 1. The number of nitrogens with one attached hydrogen (secondary N) is 1. The minimum absolute atomic E-state index is 0.398. The molecule has 100 valence electrons. The summed E-state index contributed by atoms with van der Waals surface area (Å²) in [6, 6.07) is 9.95. The third-order valence-corrected chi connectivity index (χ3v) is 2.86. The van der Waals surface area contributed by atoms with E-state index < -0.39 is 0 Å². The molecule has 0 aliphatic carbocycles. The molecule has 0 amide bonds. The summed E-state index contributed by atoms with van der Waals surface area (Å²) in [4.78, 5) is 8.16. The standard InChI is InChI=1S/C14H14N6/c15-13-9-16-10-14(19-13)17-8-11-4-1-2-5-12(11)20-7-3-6-18-20/h1-7,9-10H,8H2,(H3,15,17,19). The molecule has 0 aliphatic rings. The summed E-state index contributed by atoms with van der Waals surface area (Å²) < 4.78 is 1.84. The van der Waals surface area contributed by atoms with E-state index in [1.54, 1.807) is 12.4 Å². The molecule has 2 heterocycles. The number of nitrogens with zero attached hydrogens (tertiary/aromatic N) is 4. The molecule has 1 aromatic carbocycles. The number of hydrogen-bond donors (Lipinski definition) is 2. The van der Waals surface area contributed by atoms with Gasteiger partial charge in [-0.1, -0.05) is 18.2 Å². The van der Waals surface area contributed by atoms with Crippen LogP contribution in [0.4, 0.5) is 11.6 Å². The monoisotopic (exact) mass is 266 g/mol. The van der Waals surface area contributed by atoms with Gasteiger partial charge in [0.15, 0.2) is 0 Å². The van der Waals surface area contributed by atoms with Gasteiger partial charge < -0.3 is 11.1 Å². The average Bonchev–Trinajstić information content (AvgIpc) is 3.00. The number of para-hydroxylation sites is 1. The van der Waals surface area contributed by atoms with E-state index in [0.29, 0.717) is 18.2 Å². The first kappa shape index (κ1) is 12.2. The number of rotatable bonds is 4. The molecule has 0 radical (unpaired) electrons. The van der Waals surface area contributed by atoms with Crippen molar-refractivity contribution in [2.24, 2.45) is 0 Å². The summed E-state index contributed by atoms with van der Waals surface area (Å²) in [5.74, 6) is 1.05. The van der Waals surface area contributed by atoms with Crippen LogP contribution < -0.4 is 11.1 Å². The van der Waals surface area contributed by atoms with Crippen molar-refractivity contribution in [3.63, 3.8) is 0 Å². The van der Waals surface area contributed by atoms with Crippen LogP contribution in [0.15, 0.2) is 55.1 Å². The molecule has 0 atom stereocenters. The molecule has 20 heavy (non-hydrogen) atoms. The molecule has 6 heteroatoms. The molecule has 0 spiro atoms. The molecule has 0 saturated heterocycles. The van der Waals surface area contributed by atoms with Crippen molar-refractivity contribution in [3.8, 4) is 5.69 Å². The van der Waals surface area contributed by atoms with E-state index in [1.165, 1.54) is 6.20 Å². The second-order valence-corrected chi connectivity index (χ2v) is 4.26. The van der Waals surface area contributed by atoms with Crippen LogP contribution in [-0.4, -0.2) is 19.7 Å². The molecular formula is C14H14N6. The van der Waals surface area contributed by atoms with Crippen molar-refractivity contribution in [2.45, 2.75) is 6.54 Å². The van der Waals surface area contributed by atoms with Gasteiger partial charge in [0.05, 0.1) is 18.1 Å². The molecular weight excluding hydrogens is 252 g/mol. The predicted molar refractivity (Wildman–Crippen MR) is 77.3 cm³/mol. The minimum Gasteiger partial charge on any atom is -0.382 e. The highest BCUT2D eigenvalue weighted by atomic mass is 15.3. The molecule has 2 aromatic heterocycles. The van der Waals surface area contributed by atoms with Gasteiger partial charge in [0.1, 0.15) is 11.6 Å². The number of hydrogen-bond acceptors (Lipinski definition) is 5. The largest absolute Gasteiger partial charge is 0.382 e. The van der Waals surface area contributed by atoms with Gasteiger partial charge in [-0.25, -0.2) is 9.67 Å². The van der Waals surface area contributed by atoms with Crippen molar-refractivity contribution in [1.82, 2.24) is 19.7 Å². The van der Waals surface area contributed by atoms with Crippen LogP contribution in [0.5, 0.6) is 0 Å². The summed E-state index contributed by atoms with van der Waals surface area (Å²) in [5.41, 5.74) is 7.75. The summed E-state index contributed by atoms with van der Waals surface area (Å²) >= 11 is 0. The Bertz CT molecular complexity index is 692. The number of anilines is 2. The molecule has 0 unspecified atom stereocenters. The zero-order valence-corrected chi connectivity index (χ0v) is 10.8. The molecule has 0 saturated carbocycles. The Labute approximate surface area is 116 Å². The quantitative estimate of drug-likeness (QED) is 0.753. The van der Waals surface area contributed by atoms with Gasteiger partial charge >= 0.3 is 0 Å². The molecule has 6 nitrogen and oxygen atoms in total. The van der Waals surface area contributed by atoms with Gasteiger partial charge in [-0.15, -0.1) is 0 Å². The van der Waals surface area contributed by atoms with Crippen LogP contribution in [0.25, 0.3) is 5.69 Å². The minimum atomic E-state index is 0.398. The lowest BCUT2D eigenvalue weighted by Crippen LogP contribution is -2.07. The number of aromatic nitrogens is 4. The van der Waals surface area contributed by atoms with E-state index >= 15 is 0 Å². The Morgan fingerprint density at radius 3 is 2.85 bits per heavy atom. The van der Waals surface area contributed by atoms with Gasteiger partial charge in [-0.05, 0) is 17.7 Å². The molecule has 0 aliphatic heterocycles. The fraction of sp³-hybridized carbons (Fsp3) is 0.0714. The smallest absolute Gasteiger partial charge is 0.147 e. The third kappa shape index (κ3) is 2.59. The number of nitrogen functional groups attached to an aromatic ring is 1. The highest BCUT2D eigenvalue weighted by molar-refractivity contribution is 5.44. The SMILES string of the molecule is Nc1cncc(NCc2ccccc2-n2cccn2)n1. The topological polar surface area (TPSA) is 81.6 Å². The molecule has 0 fully saturated rings. The first-order valence-electron chi connectivity index (χ1n) is 6.22. The van der Waals surface area contributed by atoms with Crippen molar-refractivity contribution in [1.29, 1.82) is 0 Å². The van der Waals surface area contributed by atoms with E-state index in [9.17, 15) is 0 Å². The molecule has 3 rings (SSSR count). The zero-order chi connectivity index (χ0) is 13.8. The van der Waals surface area contributed by atoms with Crippen LogP contribution in [-0.2, 0) is 6.54 Å². The first-order chi connectivity index (χ1) is 9.83. The van der Waals surface area contributed by atoms with Crippen molar-refractivity contribution >= 4 is 11.6 Å². The molecule has 3 aromatic rings. The Morgan fingerprint density at radius 2 is 2.05 bits per heavy atom. The second-order valence-electron chi connectivity index (χ2n) is 4.26. The second kappa shape index (κ2) is 5.40. The summed E-state index contributed by atoms with van der Waals surface area (Å²) in [7, 11) is 0. The van der Waals surface area contributed by atoms with E-state index in [2.05, 4.69) is 20.4 Å². The maximum atomic E-state index is 5.61. The van der Waals surface area contributed by atoms with Gasteiger partial charge in [0.25, 0.3) is 0 Å². The van der Waals surface area contributed by atoms with Crippen molar-refractivity contribution in [2.75, 3.05) is 11.1 Å².